The summed E-state index contributed by atoms with van der Waals surface area (Å²) in [5.74, 6) is 0.479. The molecule has 1 fully saturated rings. The zero-order chi connectivity index (χ0) is 14.6. The summed E-state index contributed by atoms with van der Waals surface area (Å²) >= 11 is 5.76. The summed E-state index contributed by atoms with van der Waals surface area (Å²) in [5, 5.41) is 3.14. The van der Waals surface area contributed by atoms with Crippen molar-refractivity contribution in [1.82, 2.24) is 10.0 Å². The molecule has 1 aliphatic carbocycles. The van der Waals surface area contributed by atoms with E-state index in [1.165, 1.54) is 25.0 Å². The summed E-state index contributed by atoms with van der Waals surface area (Å²) in [6, 6.07) is 6.00. The van der Waals surface area contributed by atoms with Crippen molar-refractivity contribution in [3.05, 3.63) is 29.3 Å². The van der Waals surface area contributed by atoms with Gasteiger partial charge in [0.2, 0.25) is 15.9 Å². The summed E-state index contributed by atoms with van der Waals surface area (Å²) < 4.78 is 26.3. The fraction of sp³-hybridized carbons (Fsp3) is 0.462. The summed E-state index contributed by atoms with van der Waals surface area (Å²) in [5.41, 5.74) is 0. The third kappa shape index (κ3) is 4.77. The lowest BCUT2D eigenvalue weighted by Crippen LogP contribution is -2.31. The van der Waals surface area contributed by atoms with Gasteiger partial charge in [-0.15, -0.1) is 0 Å². The van der Waals surface area contributed by atoms with Crippen LogP contribution in [0.3, 0.4) is 0 Å². The van der Waals surface area contributed by atoms with E-state index in [1.54, 1.807) is 12.1 Å². The third-order valence-electron chi connectivity index (χ3n) is 3.04. The number of hydrogen-bond donors (Lipinski definition) is 2. The molecule has 1 aliphatic rings. The molecule has 1 aromatic rings. The average molecular weight is 317 g/mol. The molecule has 2 N–H and O–H groups in total. The molecule has 1 aromatic carbocycles. The second-order valence-corrected chi connectivity index (χ2v) is 7.06. The van der Waals surface area contributed by atoms with Crippen LogP contribution in [0.15, 0.2) is 29.2 Å². The zero-order valence-corrected chi connectivity index (χ0v) is 12.5. The van der Waals surface area contributed by atoms with Gasteiger partial charge >= 0.3 is 0 Å². The summed E-state index contributed by atoms with van der Waals surface area (Å²) in [7, 11) is -3.61. The molecular weight excluding hydrogens is 300 g/mol. The third-order valence-corrected chi connectivity index (χ3v) is 4.73. The fourth-order valence-electron chi connectivity index (χ4n) is 1.68. The van der Waals surface area contributed by atoms with Crippen molar-refractivity contribution in [3.63, 3.8) is 0 Å². The molecule has 0 aliphatic heterocycles. The Bertz CT molecular complexity index is 585. The van der Waals surface area contributed by atoms with Crippen LogP contribution in [0.2, 0.25) is 5.02 Å². The molecule has 0 heterocycles. The number of hydrogen-bond acceptors (Lipinski definition) is 3. The molecule has 7 heteroatoms. The van der Waals surface area contributed by atoms with E-state index in [-0.39, 0.29) is 23.8 Å². The van der Waals surface area contributed by atoms with E-state index in [1.807, 2.05) is 0 Å². The molecular formula is C13H17ClN2O3S. The van der Waals surface area contributed by atoms with Gasteiger partial charge in [-0.2, -0.15) is 0 Å². The first-order chi connectivity index (χ1) is 9.47. The minimum atomic E-state index is -3.61. The Morgan fingerprint density at radius 3 is 2.75 bits per heavy atom. The molecule has 0 spiro atoms. The zero-order valence-electron chi connectivity index (χ0n) is 10.9. The maximum Gasteiger partial charge on any atom is 0.240 e. The second kappa shape index (κ2) is 6.56. The first kappa shape index (κ1) is 15.3. The summed E-state index contributed by atoms with van der Waals surface area (Å²) in [6.45, 7) is 0.769. The first-order valence-electron chi connectivity index (χ1n) is 6.49. The van der Waals surface area contributed by atoms with Gasteiger partial charge in [0.25, 0.3) is 0 Å². The van der Waals surface area contributed by atoms with Crippen molar-refractivity contribution in [2.24, 2.45) is 5.92 Å². The van der Waals surface area contributed by atoms with Crippen LogP contribution < -0.4 is 10.0 Å². The van der Waals surface area contributed by atoms with Crippen LogP contribution >= 0.6 is 11.6 Å². The highest BCUT2D eigenvalue weighted by Gasteiger charge is 2.21. The molecule has 110 valence electrons. The van der Waals surface area contributed by atoms with E-state index in [0.29, 0.717) is 17.5 Å². The molecule has 0 aromatic heterocycles. The monoisotopic (exact) mass is 316 g/mol. The van der Waals surface area contributed by atoms with E-state index in [9.17, 15) is 13.2 Å². The number of amides is 1. The van der Waals surface area contributed by atoms with Gasteiger partial charge in [-0.1, -0.05) is 17.7 Å². The lowest BCUT2D eigenvalue weighted by atomic mass is 10.3. The molecule has 0 saturated heterocycles. The van der Waals surface area contributed by atoms with Crippen molar-refractivity contribution >= 4 is 27.5 Å². The fourth-order valence-corrected chi connectivity index (χ4v) is 3.02. The van der Waals surface area contributed by atoms with Crippen LogP contribution in [0.25, 0.3) is 0 Å². The number of sulfonamides is 1. The Labute approximate surface area is 123 Å². The van der Waals surface area contributed by atoms with Gasteiger partial charge in [-0.25, -0.2) is 13.1 Å². The molecule has 0 unspecified atom stereocenters. The highest BCUT2D eigenvalue weighted by atomic mass is 35.5. The number of rotatable bonds is 7. The smallest absolute Gasteiger partial charge is 0.240 e. The predicted octanol–water partition coefficient (Wildman–Crippen LogP) is 1.53. The Kier molecular flexibility index (Phi) is 5.01. The van der Waals surface area contributed by atoms with Crippen LogP contribution in [-0.2, 0) is 14.8 Å². The molecule has 0 bridgehead atoms. The van der Waals surface area contributed by atoms with Crippen LogP contribution in [-0.4, -0.2) is 27.4 Å². The van der Waals surface area contributed by atoms with Gasteiger partial charge < -0.3 is 5.32 Å². The summed E-state index contributed by atoms with van der Waals surface area (Å²) in [4.78, 5) is 11.6. The Balaban J connectivity index is 1.78. The number of carbonyl (C=O) groups is 1. The molecule has 2 rings (SSSR count). The lowest BCUT2D eigenvalue weighted by Gasteiger charge is -2.07. The minimum absolute atomic E-state index is 0.0747. The second-order valence-electron chi connectivity index (χ2n) is 4.85. The largest absolute Gasteiger partial charge is 0.356 e. The number of benzene rings is 1. The predicted molar refractivity (Wildman–Crippen MR) is 77.0 cm³/mol. The van der Waals surface area contributed by atoms with Crippen molar-refractivity contribution in [3.8, 4) is 0 Å². The Morgan fingerprint density at radius 1 is 1.35 bits per heavy atom. The van der Waals surface area contributed by atoms with Crippen molar-refractivity contribution < 1.29 is 13.2 Å². The molecule has 5 nitrogen and oxygen atoms in total. The van der Waals surface area contributed by atoms with Crippen LogP contribution in [0.1, 0.15) is 19.3 Å². The van der Waals surface area contributed by atoms with Crippen LogP contribution in [0.4, 0.5) is 0 Å². The normalized spacial score (nSPS) is 15.1. The number of nitrogens with one attached hydrogen (secondary N) is 2. The highest BCUT2D eigenvalue weighted by molar-refractivity contribution is 7.89. The SMILES string of the molecule is O=C(CCNS(=O)(=O)c1cccc(Cl)c1)NCC1CC1. The van der Waals surface area contributed by atoms with Gasteiger partial charge in [0.1, 0.15) is 0 Å². The maximum atomic E-state index is 11.9. The van der Waals surface area contributed by atoms with Crippen LogP contribution in [0.5, 0.6) is 0 Å². The average Bonchev–Trinajstić information content (AvgIpc) is 3.20. The van der Waals surface area contributed by atoms with Crippen molar-refractivity contribution in [2.75, 3.05) is 13.1 Å². The van der Waals surface area contributed by atoms with Crippen molar-refractivity contribution in [1.29, 1.82) is 0 Å². The Morgan fingerprint density at radius 2 is 2.10 bits per heavy atom. The molecule has 0 atom stereocenters. The van der Waals surface area contributed by atoms with E-state index in [4.69, 9.17) is 11.6 Å². The van der Waals surface area contributed by atoms with E-state index in [2.05, 4.69) is 10.0 Å². The molecule has 1 amide bonds. The summed E-state index contributed by atoms with van der Waals surface area (Å²) in [6.07, 6.45) is 2.47. The topological polar surface area (TPSA) is 75.3 Å². The van der Waals surface area contributed by atoms with E-state index >= 15 is 0 Å². The highest BCUT2D eigenvalue weighted by Crippen LogP contribution is 2.27. The quantitative estimate of drug-likeness (QED) is 0.801. The Hall–Kier alpha value is -1.11. The van der Waals surface area contributed by atoms with Gasteiger partial charge in [0.15, 0.2) is 0 Å². The molecule has 0 radical (unpaired) electrons. The maximum absolute atomic E-state index is 11.9. The molecule has 1 saturated carbocycles. The first-order valence-corrected chi connectivity index (χ1v) is 8.35. The lowest BCUT2D eigenvalue weighted by molar-refractivity contribution is -0.120. The van der Waals surface area contributed by atoms with Gasteiger partial charge in [0.05, 0.1) is 4.90 Å². The van der Waals surface area contributed by atoms with E-state index < -0.39 is 10.0 Å². The number of halogens is 1. The minimum Gasteiger partial charge on any atom is -0.356 e. The van der Waals surface area contributed by atoms with Gasteiger partial charge in [-0.3, -0.25) is 4.79 Å². The standard InChI is InChI=1S/C13H17ClN2O3S/c14-11-2-1-3-12(8-11)20(18,19)16-7-6-13(17)15-9-10-4-5-10/h1-3,8,10,16H,4-7,9H2,(H,15,17). The molecule has 20 heavy (non-hydrogen) atoms. The van der Waals surface area contributed by atoms with Crippen molar-refractivity contribution in [2.45, 2.75) is 24.2 Å². The van der Waals surface area contributed by atoms with Gasteiger partial charge in [0, 0.05) is 24.5 Å². The van der Waals surface area contributed by atoms with Crippen LogP contribution in [0, 0.1) is 5.92 Å². The van der Waals surface area contributed by atoms with E-state index in [0.717, 1.165) is 0 Å². The van der Waals surface area contributed by atoms with Gasteiger partial charge in [-0.05, 0) is 37.0 Å². The number of carbonyl (C=O) groups excluding carboxylic acids is 1.